The Balaban J connectivity index is 1.53. The Morgan fingerprint density at radius 3 is 2.69 bits per heavy atom. The topological polar surface area (TPSA) is 67.2 Å². The number of hydrogen-bond acceptors (Lipinski definition) is 4. The second kappa shape index (κ2) is 8.03. The number of para-hydroxylation sites is 2. The summed E-state index contributed by atoms with van der Waals surface area (Å²) in [6.45, 7) is 1.94. The number of rotatable bonds is 3. The van der Waals surface area contributed by atoms with Crippen LogP contribution in [0.3, 0.4) is 0 Å². The van der Waals surface area contributed by atoms with Gasteiger partial charge >= 0.3 is 0 Å². The molecule has 7 heteroatoms. The molecule has 0 atom stereocenters. The van der Waals surface area contributed by atoms with E-state index in [9.17, 15) is 4.79 Å². The number of amides is 1. The number of halogens is 1. The summed E-state index contributed by atoms with van der Waals surface area (Å²) in [4.78, 5) is 16.9. The van der Waals surface area contributed by atoms with Crippen molar-refractivity contribution < 1.29 is 9.21 Å². The highest BCUT2D eigenvalue weighted by Gasteiger charge is 2.12. The van der Waals surface area contributed by atoms with Crippen LogP contribution in [0.2, 0.25) is 5.02 Å². The van der Waals surface area contributed by atoms with Crippen molar-refractivity contribution in [2.45, 2.75) is 6.92 Å². The Morgan fingerprint density at radius 2 is 1.90 bits per heavy atom. The van der Waals surface area contributed by atoms with E-state index in [1.807, 2.05) is 49.4 Å². The molecule has 0 aliphatic carbocycles. The summed E-state index contributed by atoms with van der Waals surface area (Å²) in [5.41, 5.74) is 4.46. The number of hydrogen-bond donors (Lipinski definition) is 2. The van der Waals surface area contributed by atoms with Crippen LogP contribution in [0.25, 0.3) is 22.6 Å². The normalized spacial score (nSPS) is 10.7. The molecule has 29 heavy (non-hydrogen) atoms. The maximum absolute atomic E-state index is 12.3. The first-order valence-corrected chi connectivity index (χ1v) is 9.63. The quantitative estimate of drug-likeness (QED) is 0.422. The fraction of sp³-hybridized carbons (Fsp3) is 0.0455. The van der Waals surface area contributed by atoms with E-state index in [2.05, 4.69) is 15.6 Å². The van der Waals surface area contributed by atoms with Gasteiger partial charge in [0, 0.05) is 21.8 Å². The minimum atomic E-state index is -0.335. The summed E-state index contributed by atoms with van der Waals surface area (Å²) in [7, 11) is 0. The lowest BCUT2D eigenvalue weighted by Crippen LogP contribution is -2.34. The van der Waals surface area contributed by atoms with Crippen LogP contribution in [0.4, 0.5) is 5.69 Å². The number of benzene rings is 3. The van der Waals surface area contributed by atoms with Crippen LogP contribution >= 0.6 is 23.8 Å². The van der Waals surface area contributed by atoms with E-state index in [-0.39, 0.29) is 11.0 Å². The average Bonchev–Trinajstić information content (AvgIpc) is 3.14. The van der Waals surface area contributed by atoms with Gasteiger partial charge in [-0.05, 0) is 67.2 Å². The molecule has 2 N–H and O–H groups in total. The van der Waals surface area contributed by atoms with Gasteiger partial charge in [0.05, 0.1) is 0 Å². The van der Waals surface area contributed by atoms with Crippen molar-refractivity contribution in [3.05, 3.63) is 82.9 Å². The summed E-state index contributed by atoms with van der Waals surface area (Å²) in [6.07, 6.45) is 0. The van der Waals surface area contributed by atoms with Gasteiger partial charge < -0.3 is 9.73 Å². The van der Waals surface area contributed by atoms with Crippen LogP contribution in [0, 0.1) is 6.92 Å². The number of nitrogens with one attached hydrogen (secondary N) is 2. The van der Waals surface area contributed by atoms with Gasteiger partial charge in [-0.3, -0.25) is 10.1 Å². The average molecular weight is 422 g/mol. The monoisotopic (exact) mass is 421 g/mol. The van der Waals surface area contributed by atoms with E-state index in [0.717, 1.165) is 27.9 Å². The fourth-order valence-electron chi connectivity index (χ4n) is 2.84. The summed E-state index contributed by atoms with van der Waals surface area (Å²) < 4.78 is 5.83. The maximum Gasteiger partial charge on any atom is 0.257 e. The van der Waals surface area contributed by atoms with Gasteiger partial charge in [0.2, 0.25) is 5.89 Å². The highest BCUT2D eigenvalue weighted by Crippen LogP contribution is 2.28. The molecule has 3 aromatic carbocycles. The van der Waals surface area contributed by atoms with Crippen LogP contribution < -0.4 is 10.6 Å². The molecule has 4 rings (SSSR count). The number of anilines is 1. The number of aryl methyl sites for hydroxylation is 1. The number of carbonyl (C=O) groups is 1. The van der Waals surface area contributed by atoms with Crippen LogP contribution in [-0.4, -0.2) is 16.0 Å². The molecule has 0 radical (unpaired) electrons. The molecule has 144 valence electrons. The molecule has 0 spiro atoms. The van der Waals surface area contributed by atoms with Gasteiger partial charge in [-0.2, -0.15) is 0 Å². The lowest BCUT2D eigenvalue weighted by molar-refractivity contribution is 0.0977. The maximum atomic E-state index is 12.3. The van der Waals surface area contributed by atoms with Crippen LogP contribution in [-0.2, 0) is 0 Å². The zero-order chi connectivity index (χ0) is 20.4. The Hall–Kier alpha value is -3.22. The van der Waals surface area contributed by atoms with E-state index in [1.54, 1.807) is 24.3 Å². The van der Waals surface area contributed by atoms with Crippen molar-refractivity contribution in [1.82, 2.24) is 10.3 Å². The smallest absolute Gasteiger partial charge is 0.257 e. The Kier molecular flexibility index (Phi) is 5.29. The molecule has 0 saturated carbocycles. The van der Waals surface area contributed by atoms with Gasteiger partial charge in [0.1, 0.15) is 5.52 Å². The van der Waals surface area contributed by atoms with Crippen molar-refractivity contribution in [1.29, 1.82) is 0 Å². The summed E-state index contributed by atoms with van der Waals surface area (Å²) in [5.74, 6) is 0.181. The third kappa shape index (κ3) is 4.29. The minimum absolute atomic E-state index is 0.188. The number of carbonyl (C=O) groups excluding carboxylic acids is 1. The van der Waals surface area contributed by atoms with Crippen molar-refractivity contribution >= 4 is 51.6 Å². The molecule has 0 saturated heterocycles. The standard InChI is InChI=1S/C22H16ClN3O2S/c1-13-9-10-15(21-24-17-7-2-3-8-19(17)28-21)12-18(13)25-22(29)26-20(27)14-5-4-6-16(23)11-14/h2-12H,1H3,(H2,25,26,27,29). The Bertz CT molecular complexity index is 1200. The molecule has 0 unspecified atom stereocenters. The van der Waals surface area contributed by atoms with Gasteiger partial charge in [0.25, 0.3) is 5.91 Å². The van der Waals surface area contributed by atoms with Gasteiger partial charge in [-0.1, -0.05) is 35.9 Å². The van der Waals surface area contributed by atoms with E-state index < -0.39 is 0 Å². The molecule has 0 aliphatic heterocycles. The minimum Gasteiger partial charge on any atom is -0.436 e. The number of thiocarbonyl (C=S) groups is 1. The summed E-state index contributed by atoms with van der Waals surface area (Å²) >= 11 is 11.2. The zero-order valence-electron chi connectivity index (χ0n) is 15.4. The SMILES string of the molecule is Cc1ccc(-c2nc3ccccc3o2)cc1NC(=S)NC(=O)c1cccc(Cl)c1. The molecule has 1 heterocycles. The van der Waals surface area contributed by atoms with Crippen LogP contribution in [0.1, 0.15) is 15.9 Å². The number of oxazole rings is 1. The van der Waals surface area contributed by atoms with E-state index in [4.69, 9.17) is 28.2 Å². The molecule has 0 fully saturated rings. The predicted molar refractivity (Wildman–Crippen MR) is 119 cm³/mol. The second-order valence-electron chi connectivity index (χ2n) is 6.44. The molecule has 5 nitrogen and oxygen atoms in total. The van der Waals surface area contributed by atoms with E-state index in [1.165, 1.54) is 0 Å². The predicted octanol–water partition coefficient (Wildman–Crippen LogP) is 5.58. The van der Waals surface area contributed by atoms with Gasteiger partial charge in [-0.25, -0.2) is 4.98 Å². The largest absolute Gasteiger partial charge is 0.436 e. The molecule has 0 bridgehead atoms. The first-order valence-electron chi connectivity index (χ1n) is 8.84. The lowest BCUT2D eigenvalue weighted by atomic mass is 10.1. The Labute approximate surface area is 177 Å². The van der Waals surface area contributed by atoms with Crippen molar-refractivity contribution in [3.63, 3.8) is 0 Å². The first-order chi connectivity index (χ1) is 14.0. The van der Waals surface area contributed by atoms with Crippen molar-refractivity contribution in [2.75, 3.05) is 5.32 Å². The summed E-state index contributed by atoms with van der Waals surface area (Å²) in [5, 5.41) is 6.40. The molecule has 0 aliphatic rings. The molecule has 1 amide bonds. The molecular weight excluding hydrogens is 406 g/mol. The van der Waals surface area contributed by atoms with Gasteiger partial charge in [0.15, 0.2) is 10.7 Å². The molecule has 4 aromatic rings. The Morgan fingerprint density at radius 1 is 1.07 bits per heavy atom. The van der Waals surface area contributed by atoms with Crippen LogP contribution in [0.5, 0.6) is 0 Å². The number of aromatic nitrogens is 1. The van der Waals surface area contributed by atoms with Gasteiger partial charge in [-0.15, -0.1) is 0 Å². The second-order valence-corrected chi connectivity index (χ2v) is 7.28. The molecule has 1 aromatic heterocycles. The summed E-state index contributed by atoms with van der Waals surface area (Å²) in [6, 6.07) is 20.0. The fourth-order valence-corrected chi connectivity index (χ4v) is 3.24. The van der Waals surface area contributed by atoms with Crippen LogP contribution in [0.15, 0.2) is 71.1 Å². The molecular formula is C22H16ClN3O2S. The highest BCUT2D eigenvalue weighted by atomic mass is 35.5. The first kappa shape index (κ1) is 19.1. The highest BCUT2D eigenvalue weighted by molar-refractivity contribution is 7.80. The zero-order valence-corrected chi connectivity index (χ0v) is 17.0. The number of fused-ring (bicyclic) bond motifs is 1. The van der Waals surface area contributed by atoms with E-state index in [0.29, 0.717) is 16.5 Å². The van der Waals surface area contributed by atoms with Crippen molar-refractivity contribution in [3.8, 4) is 11.5 Å². The number of nitrogens with zero attached hydrogens (tertiary/aromatic N) is 1. The van der Waals surface area contributed by atoms with E-state index >= 15 is 0 Å². The van der Waals surface area contributed by atoms with Crippen molar-refractivity contribution in [2.24, 2.45) is 0 Å². The third-order valence-corrected chi connectivity index (χ3v) is 4.78. The lowest BCUT2D eigenvalue weighted by Gasteiger charge is -2.12. The third-order valence-electron chi connectivity index (χ3n) is 4.34.